The number of pyridine rings is 1. The first-order valence-electron chi connectivity index (χ1n) is 10.8. The average Bonchev–Trinajstić information content (AvgIpc) is 3.44. The van der Waals surface area contributed by atoms with E-state index in [2.05, 4.69) is 15.6 Å². The van der Waals surface area contributed by atoms with Crippen LogP contribution >= 0.6 is 12.2 Å². The van der Waals surface area contributed by atoms with Gasteiger partial charge in [-0.05, 0) is 78.9 Å². The van der Waals surface area contributed by atoms with Crippen molar-refractivity contribution in [3.8, 4) is 5.69 Å². The highest BCUT2D eigenvalue weighted by atomic mass is 32.1. The van der Waals surface area contributed by atoms with Crippen molar-refractivity contribution in [3.63, 3.8) is 0 Å². The number of rotatable bonds is 5. The highest BCUT2D eigenvalue weighted by Crippen LogP contribution is 2.42. The number of nitrogens with one attached hydrogen (secondary N) is 2. The average molecular weight is 472 g/mol. The van der Waals surface area contributed by atoms with Crippen LogP contribution in [-0.4, -0.2) is 20.6 Å². The van der Waals surface area contributed by atoms with Gasteiger partial charge in [-0.3, -0.25) is 9.78 Å². The molecule has 2 aromatic heterocycles. The summed E-state index contributed by atoms with van der Waals surface area (Å²) in [6.45, 7) is 1.47. The minimum absolute atomic E-state index is 0.132. The van der Waals surface area contributed by atoms with Crippen LogP contribution in [0.2, 0.25) is 0 Å². The van der Waals surface area contributed by atoms with Crippen molar-refractivity contribution in [1.82, 2.24) is 14.9 Å². The molecule has 0 aliphatic carbocycles. The van der Waals surface area contributed by atoms with E-state index >= 15 is 0 Å². The Bertz CT molecular complexity index is 1340. The van der Waals surface area contributed by atoms with Crippen molar-refractivity contribution in [2.45, 2.75) is 19.0 Å². The third-order valence-corrected chi connectivity index (χ3v) is 6.05. The van der Waals surface area contributed by atoms with E-state index in [0.717, 1.165) is 22.8 Å². The molecule has 1 aliphatic heterocycles. The summed E-state index contributed by atoms with van der Waals surface area (Å²) >= 11 is 5.78. The lowest BCUT2D eigenvalue weighted by Crippen LogP contribution is -2.30. The number of amides is 1. The smallest absolute Gasteiger partial charge is 0.221 e. The van der Waals surface area contributed by atoms with Gasteiger partial charge in [0.15, 0.2) is 5.11 Å². The van der Waals surface area contributed by atoms with Gasteiger partial charge in [-0.25, -0.2) is 4.39 Å². The molecule has 3 heterocycles. The van der Waals surface area contributed by atoms with Crippen LogP contribution in [0.1, 0.15) is 30.4 Å². The molecule has 1 amide bonds. The molecule has 0 unspecified atom stereocenters. The van der Waals surface area contributed by atoms with E-state index in [1.807, 2.05) is 76.3 Å². The first kappa shape index (κ1) is 21.8. The number of carbonyl (C=O) groups is 1. The SMILES string of the molecule is CC(=O)Nc1ccc(N2C(=S)N[C@H](c3ccccn3)[C@@H]2c2cccn2-c2cccc(F)c2)cc1. The Morgan fingerprint density at radius 2 is 1.85 bits per heavy atom. The molecule has 2 aromatic carbocycles. The lowest BCUT2D eigenvalue weighted by molar-refractivity contribution is -0.114. The fraction of sp³-hybridized carbons (Fsp3) is 0.115. The Morgan fingerprint density at radius 3 is 2.56 bits per heavy atom. The predicted octanol–water partition coefficient (Wildman–Crippen LogP) is 5.15. The van der Waals surface area contributed by atoms with E-state index in [4.69, 9.17) is 12.2 Å². The predicted molar refractivity (Wildman–Crippen MR) is 134 cm³/mol. The standard InChI is InChI=1S/C26H22FN5OS/c1-17(33)29-19-10-12-20(13-11-19)32-25(24(30-26(32)34)22-8-2-3-14-28-22)23-9-5-15-31(23)21-7-4-6-18(27)16-21/h2-16,24-25H,1H3,(H,29,33)(H,30,34)/t24-,25+/m1/s1. The molecule has 0 saturated carbocycles. The zero-order chi connectivity index (χ0) is 23.7. The van der Waals surface area contributed by atoms with Crippen molar-refractivity contribution in [1.29, 1.82) is 0 Å². The lowest BCUT2D eigenvalue weighted by Gasteiger charge is -2.29. The van der Waals surface area contributed by atoms with Crippen LogP contribution < -0.4 is 15.5 Å². The summed E-state index contributed by atoms with van der Waals surface area (Å²) in [5.74, 6) is -0.434. The fourth-order valence-corrected chi connectivity index (χ4v) is 4.68. The first-order valence-corrected chi connectivity index (χ1v) is 11.2. The summed E-state index contributed by atoms with van der Waals surface area (Å²) in [7, 11) is 0. The van der Waals surface area contributed by atoms with Crippen molar-refractivity contribution in [3.05, 3.63) is 108 Å². The molecule has 2 N–H and O–H groups in total. The summed E-state index contributed by atoms with van der Waals surface area (Å²) < 4.78 is 16.0. The molecule has 1 fully saturated rings. The molecule has 34 heavy (non-hydrogen) atoms. The van der Waals surface area contributed by atoms with Crippen molar-refractivity contribution >= 4 is 34.6 Å². The maximum absolute atomic E-state index is 14.0. The number of aromatic nitrogens is 2. The van der Waals surface area contributed by atoms with Crippen molar-refractivity contribution in [2.75, 3.05) is 10.2 Å². The number of halogens is 1. The highest BCUT2D eigenvalue weighted by Gasteiger charge is 2.42. The molecule has 6 nitrogen and oxygen atoms in total. The molecule has 1 aliphatic rings. The maximum atomic E-state index is 14.0. The summed E-state index contributed by atoms with van der Waals surface area (Å²) in [5.41, 5.74) is 4.06. The minimum Gasteiger partial charge on any atom is -0.351 e. The third-order valence-electron chi connectivity index (χ3n) is 5.73. The summed E-state index contributed by atoms with van der Waals surface area (Å²) in [6.07, 6.45) is 3.67. The molecule has 0 bridgehead atoms. The second-order valence-electron chi connectivity index (χ2n) is 8.01. The lowest BCUT2D eigenvalue weighted by atomic mass is 10.0. The monoisotopic (exact) mass is 471 g/mol. The van der Waals surface area contributed by atoms with Gasteiger partial charge in [0.1, 0.15) is 11.9 Å². The molecule has 2 atom stereocenters. The van der Waals surface area contributed by atoms with E-state index in [0.29, 0.717) is 10.8 Å². The Hall–Kier alpha value is -4.04. The number of benzene rings is 2. The molecular formula is C26H22FN5OS. The minimum atomic E-state index is -0.302. The van der Waals surface area contributed by atoms with Crippen molar-refractivity contribution in [2.24, 2.45) is 0 Å². The number of carbonyl (C=O) groups excluding carboxylic acids is 1. The van der Waals surface area contributed by atoms with Crippen LogP contribution in [0.15, 0.2) is 91.3 Å². The molecule has 170 valence electrons. The summed E-state index contributed by atoms with van der Waals surface area (Å²) in [5, 5.41) is 6.77. The second kappa shape index (κ2) is 9.07. The zero-order valence-electron chi connectivity index (χ0n) is 18.4. The van der Waals surface area contributed by atoms with Gasteiger partial charge in [-0.1, -0.05) is 12.1 Å². The number of nitrogens with zero attached hydrogens (tertiary/aromatic N) is 3. The van der Waals surface area contributed by atoms with Gasteiger partial charge >= 0.3 is 0 Å². The van der Waals surface area contributed by atoms with Crippen LogP contribution in [0.3, 0.4) is 0 Å². The third kappa shape index (κ3) is 4.15. The topological polar surface area (TPSA) is 62.2 Å². The van der Waals surface area contributed by atoms with Gasteiger partial charge in [-0.2, -0.15) is 0 Å². The number of hydrogen-bond donors (Lipinski definition) is 2. The van der Waals surface area contributed by atoms with Gasteiger partial charge in [0.25, 0.3) is 0 Å². The Balaban J connectivity index is 1.62. The van der Waals surface area contributed by atoms with Crippen molar-refractivity contribution < 1.29 is 9.18 Å². The quantitative estimate of drug-likeness (QED) is 0.395. The number of thiocarbonyl (C=S) groups is 1. The van der Waals surface area contributed by atoms with Gasteiger partial charge in [0.05, 0.1) is 11.7 Å². The summed E-state index contributed by atoms with van der Waals surface area (Å²) in [4.78, 5) is 18.0. The van der Waals surface area contributed by atoms with Gasteiger partial charge in [-0.15, -0.1) is 0 Å². The largest absolute Gasteiger partial charge is 0.351 e. The summed E-state index contributed by atoms with van der Waals surface area (Å²) in [6, 6.07) is 23.3. The van der Waals surface area contributed by atoms with Crippen LogP contribution in [0, 0.1) is 5.82 Å². The van der Waals surface area contributed by atoms with Gasteiger partial charge < -0.3 is 20.1 Å². The zero-order valence-corrected chi connectivity index (χ0v) is 19.2. The van der Waals surface area contributed by atoms with E-state index in [1.54, 1.807) is 12.3 Å². The molecule has 1 saturated heterocycles. The Morgan fingerprint density at radius 1 is 1.03 bits per heavy atom. The maximum Gasteiger partial charge on any atom is 0.221 e. The molecule has 8 heteroatoms. The van der Waals surface area contributed by atoms with Crippen LogP contribution in [0.25, 0.3) is 5.69 Å². The number of anilines is 2. The number of hydrogen-bond acceptors (Lipinski definition) is 3. The molecule has 4 aromatic rings. The van der Waals surface area contributed by atoms with Gasteiger partial charge in [0.2, 0.25) is 5.91 Å². The van der Waals surface area contributed by atoms with Crippen LogP contribution in [-0.2, 0) is 4.79 Å². The molecule has 0 spiro atoms. The molecule has 0 radical (unpaired) electrons. The Labute approximate surface area is 202 Å². The second-order valence-corrected chi connectivity index (χ2v) is 8.39. The van der Waals surface area contributed by atoms with E-state index in [1.165, 1.54) is 19.1 Å². The van der Waals surface area contributed by atoms with Crippen LogP contribution in [0.4, 0.5) is 15.8 Å². The first-order chi connectivity index (χ1) is 16.5. The Kier molecular flexibility index (Phi) is 5.81. The van der Waals surface area contributed by atoms with Gasteiger partial charge in [0, 0.05) is 42.1 Å². The van der Waals surface area contributed by atoms with E-state index in [9.17, 15) is 9.18 Å². The fourth-order valence-electron chi connectivity index (χ4n) is 4.34. The normalized spacial score (nSPS) is 17.5. The highest BCUT2D eigenvalue weighted by molar-refractivity contribution is 7.80. The van der Waals surface area contributed by atoms with E-state index in [-0.39, 0.29) is 23.8 Å². The molecular weight excluding hydrogens is 449 g/mol. The molecule has 5 rings (SSSR count). The van der Waals surface area contributed by atoms with E-state index < -0.39 is 0 Å². The van der Waals surface area contributed by atoms with Crippen LogP contribution in [0.5, 0.6) is 0 Å².